The standard InChI is InChI=1S/C16H17FN6O/c17-13-4-2-1-3-11(13)9-23-16(24)22-8-6-19-14(15(22)20-23)21-7-5-12(18)10-21/h1-4,6,8,12H,5,7,9-10,18H2. The van der Waals surface area contributed by atoms with Crippen molar-refractivity contribution in [1.82, 2.24) is 19.2 Å². The molecule has 1 fully saturated rings. The highest BCUT2D eigenvalue weighted by atomic mass is 19.1. The first-order valence-electron chi connectivity index (χ1n) is 7.81. The van der Waals surface area contributed by atoms with Crippen molar-refractivity contribution in [3.05, 3.63) is 58.5 Å². The summed E-state index contributed by atoms with van der Waals surface area (Å²) in [6, 6.07) is 6.46. The number of fused-ring (bicyclic) bond motifs is 1. The molecule has 2 N–H and O–H groups in total. The average molecular weight is 328 g/mol. The number of aromatic nitrogens is 4. The van der Waals surface area contributed by atoms with Crippen LogP contribution in [0.5, 0.6) is 0 Å². The fourth-order valence-electron chi connectivity index (χ4n) is 3.03. The Hall–Kier alpha value is -2.74. The van der Waals surface area contributed by atoms with Gasteiger partial charge in [-0.15, -0.1) is 5.10 Å². The van der Waals surface area contributed by atoms with Gasteiger partial charge in [0.1, 0.15) is 5.82 Å². The van der Waals surface area contributed by atoms with E-state index in [-0.39, 0.29) is 24.1 Å². The summed E-state index contributed by atoms with van der Waals surface area (Å²) in [6.45, 7) is 1.54. The van der Waals surface area contributed by atoms with Gasteiger partial charge in [0.05, 0.1) is 6.54 Å². The molecule has 7 nitrogen and oxygen atoms in total. The second-order valence-corrected chi connectivity index (χ2v) is 5.97. The van der Waals surface area contributed by atoms with Gasteiger partial charge in [0.15, 0.2) is 5.82 Å². The number of hydrogen-bond donors (Lipinski definition) is 1. The van der Waals surface area contributed by atoms with Crippen LogP contribution in [0.1, 0.15) is 12.0 Å². The van der Waals surface area contributed by atoms with E-state index in [1.807, 2.05) is 4.90 Å². The SMILES string of the molecule is NC1CCN(c2nccn3c(=O)n(Cc4ccccc4F)nc23)C1. The first-order chi connectivity index (χ1) is 11.6. The van der Waals surface area contributed by atoms with Gasteiger partial charge in [-0.1, -0.05) is 18.2 Å². The molecule has 4 rings (SSSR count). The quantitative estimate of drug-likeness (QED) is 0.762. The maximum absolute atomic E-state index is 13.8. The van der Waals surface area contributed by atoms with Gasteiger partial charge < -0.3 is 10.6 Å². The Morgan fingerprint density at radius 2 is 2.17 bits per heavy atom. The summed E-state index contributed by atoms with van der Waals surface area (Å²) < 4.78 is 16.5. The lowest BCUT2D eigenvalue weighted by molar-refractivity contribution is 0.578. The van der Waals surface area contributed by atoms with E-state index in [2.05, 4.69) is 10.1 Å². The highest BCUT2D eigenvalue weighted by Crippen LogP contribution is 2.20. The fraction of sp³-hybridized carbons (Fsp3) is 0.312. The third kappa shape index (κ3) is 2.44. The third-order valence-electron chi connectivity index (χ3n) is 4.29. The van der Waals surface area contributed by atoms with Gasteiger partial charge in [-0.05, 0) is 12.5 Å². The van der Waals surface area contributed by atoms with Gasteiger partial charge in [0, 0.05) is 37.1 Å². The molecular weight excluding hydrogens is 311 g/mol. The number of hydrogen-bond acceptors (Lipinski definition) is 5. The summed E-state index contributed by atoms with van der Waals surface area (Å²) in [6.07, 6.45) is 4.02. The number of rotatable bonds is 3. The molecule has 1 aliphatic rings. The second-order valence-electron chi connectivity index (χ2n) is 5.97. The molecule has 8 heteroatoms. The molecule has 0 aliphatic carbocycles. The van der Waals surface area contributed by atoms with Crippen LogP contribution >= 0.6 is 0 Å². The molecule has 1 unspecified atom stereocenters. The van der Waals surface area contributed by atoms with Crippen molar-refractivity contribution in [2.75, 3.05) is 18.0 Å². The largest absolute Gasteiger partial charge is 0.352 e. The number of benzene rings is 1. The van der Waals surface area contributed by atoms with Gasteiger partial charge in [0.25, 0.3) is 0 Å². The Morgan fingerprint density at radius 1 is 1.33 bits per heavy atom. The predicted molar refractivity (Wildman–Crippen MR) is 87.6 cm³/mol. The molecule has 3 aromatic rings. The number of halogens is 1. The minimum Gasteiger partial charge on any atom is -0.352 e. The van der Waals surface area contributed by atoms with Crippen LogP contribution in [0, 0.1) is 5.82 Å². The fourth-order valence-corrected chi connectivity index (χ4v) is 3.03. The van der Waals surface area contributed by atoms with E-state index in [4.69, 9.17) is 5.73 Å². The van der Waals surface area contributed by atoms with Crippen LogP contribution in [0.2, 0.25) is 0 Å². The van der Waals surface area contributed by atoms with Crippen molar-refractivity contribution in [3.8, 4) is 0 Å². The van der Waals surface area contributed by atoms with Gasteiger partial charge in [-0.2, -0.15) is 0 Å². The zero-order chi connectivity index (χ0) is 16.7. The van der Waals surface area contributed by atoms with E-state index in [0.717, 1.165) is 13.0 Å². The zero-order valence-corrected chi connectivity index (χ0v) is 13.0. The molecule has 2 aromatic heterocycles. The van der Waals surface area contributed by atoms with Crippen molar-refractivity contribution < 1.29 is 4.39 Å². The van der Waals surface area contributed by atoms with Gasteiger partial charge >= 0.3 is 5.69 Å². The minimum atomic E-state index is -0.356. The van der Waals surface area contributed by atoms with Gasteiger partial charge in [-0.25, -0.2) is 23.3 Å². The number of nitrogens with zero attached hydrogens (tertiary/aromatic N) is 5. The molecule has 0 saturated carbocycles. The van der Waals surface area contributed by atoms with Crippen LogP contribution < -0.4 is 16.3 Å². The van der Waals surface area contributed by atoms with Crippen molar-refractivity contribution in [3.63, 3.8) is 0 Å². The Bertz CT molecular complexity index is 949. The molecule has 0 bridgehead atoms. The molecule has 1 aromatic carbocycles. The first kappa shape index (κ1) is 14.8. The summed E-state index contributed by atoms with van der Waals surface area (Å²) in [5, 5.41) is 4.37. The van der Waals surface area contributed by atoms with Gasteiger partial charge in [-0.3, -0.25) is 0 Å². The smallest absolute Gasteiger partial charge is 0.350 e. The first-order valence-corrected chi connectivity index (χ1v) is 7.81. The van der Waals surface area contributed by atoms with Crippen LogP contribution in [0.3, 0.4) is 0 Å². The summed E-state index contributed by atoms with van der Waals surface area (Å²) in [5.74, 6) is 0.278. The Kier molecular flexibility index (Phi) is 3.53. The minimum absolute atomic E-state index is 0.0755. The van der Waals surface area contributed by atoms with E-state index in [1.54, 1.807) is 30.6 Å². The van der Waals surface area contributed by atoms with E-state index < -0.39 is 0 Å². The molecular formula is C16H17FN6O. The van der Waals surface area contributed by atoms with E-state index in [1.165, 1.54) is 15.1 Å². The Balaban J connectivity index is 1.77. The van der Waals surface area contributed by atoms with Crippen LogP contribution in [0.4, 0.5) is 10.2 Å². The van der Waals surface area contributed by atoms with Crippen molar-refractivity contribution in [2.24, 2.45) is 5.73 Å². The van der Waals surface area contributed by atoms with Crippen molar-refractivity contribution in [2.45, 2.75) is 19.0 Å². The van der Waals surface area contributed by atoms with Crippen LogP contribution in [-0.4, -0.2) is 38.3 Å². The summed E-state index contributed by atoms with van der Waals surface area (Å²) in [5.41, 5.74) is 6.52. The maximum Gasteiger partial charge on any atom is 0.350 e. The van der Waals surface area contributed by atoms with Crippen LogP contribution in [0.15, 0.2) is 41.5 Å². The molecule has 24 heavy (non-hydrogen) atoms. The Labute approximate surface area is 137 Å². The van der Waals surface area contributed by atoms with E-state index >= 15 is 0 Å². The maximum atomic E-state index is 13.8. The highest BCUT2D eigenvalue weighted by molar-refractivity contribution is 5.63. The predicted octanol–water partition coefficient (Wildman–Crippen LogP) is 0.616. The van der Waals surface area contributed by atoms with Crippen LogP contribution in [0.25, 0.3) is 5.65 Å². The molecule has 0 spiro atoms. The number of anilines is 1. The third-order valence-corrected chi connectivity index (χ3v) is 4.29. The molecule has 1 saturated heterocycles. The second kappa shape index (κ2) is 5.72. The summed E-state index contributed by atoms with van der Waals surface area (Å²) in [4.78, 5) is 18.9. The highest BCUT2D eigenvalue weighted by Gasteiger charge is 2.24. The zero-order valence-electron chi connectivity index (χ0n) is 13.0. The lowest BCUT2D eigenvalue weighted by Gasteiger charge is -2.16. The molecule has 1 aliphatic heterocycles. The van der Waals surface area contributed by atoms with E-state index in [9.17, 15) is 9.18 Å². The lowest BCUT2D eigenvalue weighted by Crippen LogP contribution is -2.27. The Morgan fingerprint density at radius 3 is 2.92 bits per heavy atom. The molecule has 3 heterocycles. The molecule has 1 atom stereocenters. The van der Waals surface area contributed by atoms with Crippen LogP contribution in [-0.2, 0) is 6.54 Å². The van der Waals surface area contributed by atoms with E-state index in [0.29, 0.717) is 23.6 Å². The summed E-state index contributed by atoms with van der Waals surface area (Å²) >= 11 is 0. The molecule has 0 radical (unpaired) electrons. The number of nitrogens with two attached hydrogens (primary N) is 1. The molecule has 0 amide bonds. The van der Waals surface area contributed by atoms with Crippen molar-refractivity contribution >= 4 is 11.5 Å². The average Bonchev–Trinajstić information content (AvgIpc) is 3.14. The van der Waals surface area contributed by atoms with Gasteiger partial charge in [0.2, 0.25) is 5.65 Å². The monoisotopic (exact) mass is 328 g/mol. The normalized spacial score (nSPS) is 17.8. The molecule has 124 valence electrons. The summed E-state index contributed by atoms with van der Waals surface area (Å²) in [7, 11) is 0. The topological polar surface area (TPSA) is 81.5 Å². The lowest BCUT2D eigenvalue weighted by atomic mass is 10.2. The van der Waals surface area contributed by atoms with Crippen molar-refractivity contribution in [1.29, 1.82) is 0 Å².